The van der Waals surface area contributed by atoms with Crippen LogP contribution in [-0.2, 0) is 11.8 Å². The summed E-state index contributed by atoms with van der Waals surface area (Å²) in [5.41, 5.74) is 26.9. The Morgan fingerprint density at radius 3 is 1.78 bits per heavy atom. The van der Waals surface area contributed by atoms with Crippen LogP contribution < -0.4 is 0 Å². The van der Waals surface area contributed by atoms with Crippen molar-refractivity contribution in [2.75, 3.05) is 0 Å². The molecule has 0 fully saturated rings. The number of hydrogen-bond donors (Lipinski definition) is 0. The second kappa shape index (κ2) is 15.3. The molecule has 4 heterocycles. The maximum absolute atomic E-state index is 2.65. The predicted octanol–water partition coefficient (Wildman–Crippen LogP) is 19.1. The molecule has 0 N–H and O–H groups in total. The quantitative estimate of drug-likeness (QED) is 0.152. The highest BCUT2D eigenvalue weighted by molar-refractivity contribution is 6.24. The topological polar surface area (TPSA) is 9.34 Å². The molecule has 3 aromatic heterocycles. The van der Waals surface area contributed by atoms with Crippen molar-refractivity contribution in [2.45, 2.75) is 30.6 Å². The van der Waals surface area contributed by atoms with Gasteiger partial charge in [-0.05, 0) is 114 Å². The van der Waals surface area contributed by atoms with Gasteiger partial charge in [0, 0.05) is 61.1 Å². The van der Waals surface area contributed by atoms with Crippen molar-refractivity contribution >= 4 is 71.8 Å². The Labute approximate surface area is 446 Å². The summed E-state index contributed by atoms with van der Waals surface area (Å²) in [6.45, 7) is 0. The van der Waals surface area contributed by atoms with Crippen molar-refractivity contribution in [3.05, 3.63) is 287 Å². The van der Waals surface area contributed by atoms with E-state index >= 15 is 0 Å². The average Bonchev–Trinajstić information content (AvgIpc) is 4.45. The third-order valence-corrected chi connectivity index (χ3v) is 18.5. The van der Waals surface area contributed by atoms with E-state index in [9.17, 15) is 0 Å². The SMILES string of the molecule is C1=Cc2c(n3c4c(-c5cccc6c(-c7cccc8c7C(c7ccccc7)(c7ccccc7)c7ccccc7-8)c7cccc(-c8cccc9c8-n8c%10c(c%11ccccc%118)C=CCC9%10)c7cc56)cccc4c4cccc2c43)CC1. The van der Waals surface area contributed by atoms with Gasteiger partial charge in [0.2, 0.25) is 0 Å². The van der Waals surface area contributed by atoms with E-state index in [0.717, 1.165) is 19.3 Å². The molecule has 11 aromatic carbocycles. The third-order valence-electron chi connectivity index (χ3n) is 18.5. The summed E-state index contributed by atoms with van der Waals surface area (Å²) in [6, 6.07) is 86.0. The highest BCUT2D eigenvalue weighted by Crippen LogP contribution is 2.61. The number of hydrogen-bond acceptors (Lipinski definition) is 0. The Morgan fingerprint density at radius 1 is 0.403 bits per heavy atom. The summed E-state index contributed by atoms with van der Waals surface area (Å²) in [4.78, 5) is 0. The van der Waals surface area contributed by atoms with Crippen LogP contribution in [0.3, 0.4) is 0 Å². The van der Waals surface area contributed by atoms with Crippen LogP contribution in [0.5, 0.6) is 0 Å². The van der Waals surface area contributed by atoms with Crippen LogP contribution in [-0.4, -0.2) is 8.97 Å². The molecular formula is C75H48N2. The molecule has 14 aromatic rings. The molecule has 0 radical (unpaired) electrons. The van der Waals surface area contributed by atoms with Crippen molar-refractivity contribution in [2.24, 2.45) is 0 Å². The lowest BCUT2D eigenvalue weighted by Crippen LogP contribution is -2.29. The molecule has 0 saturated carbocycles. The molecule has 3 aliphatic carbocycles. The highest BCUT2D eigenvalue weighted by atomic mass is 15.0. The molecule has 2 nitrogen and oxygen atoms in total. The standard InChI is InChI=1S/C75H48N2/c1-3-20-45(21-4-1)75(46-22-5-2-6-23-46)66-41-10-7-24-49(66)54-31-15-40-63(70(54)75)69-52-29-13-27-47(55-32-16-36-59-61-38-18-34-57-50-25-8-11-42-67(50)76(71(55)59)73(57)61)64(52)44-65-48(28-14-30-53(65)69)56-33-17-37-60-62-39-19-35-58-51-26-9-12-43-68(51)77(72(56)60)74(58)62/h1-11,13-37,39-42,44,61H,12,38,43H2. The minimum atomic E-state index is -0.604. The van der Waals surface area contributed by atoms with Gasteiger partial charge in [0.1, 0.15) is 0 Å². The minimum absolute atomic E-state index is 0.304. The molecule has 0 amide bonds. The number of benzene rings is 11. The van der Waals surface area contributed by atoms with E-state index in [4.69, 9.17) is 0 Å². The van der Waals surface area contributed by atoms with Gasteiger partial charge < -0.3 is 8.97 Å². The van der Waals surface area contributed by atoms with Gasteiger partial charge in [-0.3, -0.25) is 0 Å². The van der Waals surface area contributed by atoms with Crippen LogP contribution in [0, 0.1) is 0 Å². The molecule has 1 aliphatic heterocycles. The van der Waals surface area contributed by atoms with Gasteiger partial charge in [-0.25, -0.2) is 0 Å². The summed E-state index contributed by atoms with van der Waals surface area (Å²) < 4.78 is 5.28. The van der Waals surface area contributed by atoms with Crippen LogP contribution >= 0.6 is 0 Å². The molecule has 1 atom stereocenters. The summed E-state index contributed by atoms with van der Waals surface area (Å²) in [6.07, 6.45) is 12.6. The first kappa shape index (κ1) is 41.8. The number of fused-ring (bicyclic) bond motifs is 17. The normalized spacial score (nSPS) is 15.5. The van der Waals surface area contributed by atoms with Gasteiger partial charge in [-0.1, -0.05) is 237 Å². The first-order valence-electron chi connectivity index (χ1n) is 27.5. The third kappa shape index (κ3) is 5.25. The van der Waals surface area contributed by atoms with E-state index in [0.29, 0.717) is 5.92 Å². The molecular weight excluding hydrogens is 929 g/mol. The number of aryl methyl sites for hydroxylation is 1. The molecule has 358 valence electrons. The number of nitrogens with zero attached hydrogens (tertiary/aromatic N) is 2. The lowest BCUT2D eigenvalue weighted by atomic mass is 9.65. The fourth-order valence-corrected chi connectivity index (χ4v) is 15.6. The van der Waals surface area contributed by atoms with Gasteiger partial charge in [0.15, 0.2) is 0 Å². The predicted molar refractivity (Wildman–Crippen MR) is 322 cm³/mol. The van der Waals surface area contributed by atoms with E-state index in [1.165, 1.54) is 160 Å². The zero-order valence-corrected chi connectivity index (χ0v) is 42.3. The summed E-state index contributed by atoms with van der Waals surface area (Å²) in [5, 5.41) is 10.3. The number of para-hydroxylation sites is 4. The second-order valence-electron chi connectivity index (χ2n) is 21.9. The maximum atomic E-state index is 2.65. The lowest BCUT2D eigenvalue weighted by molar-refractivity contribution is 0.770. The zero-order chi connectivity index (χ0) is 50.1. The van der Waals surface area contributed by atoms with Crippen molar-refractivity contribution < 1.29 is 0 Å². The van der Waals surface area contributed by atoms with Gasteiger partial charge >= 0.3 is 0 Å². The van der Waals surface area contributed by atoms with E-state index in [2.05, 4.69) is 258 Å². The van der Waals surface area contributed by atoms with Gasteiger partial charge in [0.05, 0.1) is 27.7 Å². The number of aromatic nitrogens is 2. The molecule has 1 unspecified atom stereocenters. The average molecular weight is 977 g/mol. The molecule has 18 rings (SSSR count). The Hall–Kier alpha value is -9.50. The first-order valence-corrected chi connectivity index (χ1v) is 27.5. The van der Waals surface area contributed by atoms with E-state index < -0.39 is 5.41 Å². The zero-order valence-electron chi connectivity index (χ0n) is 42.3. The van der Waals surface area contributed by atoms with E-state index in [1.54, 1.807) is 0 Å². The lowest BCUT2D eigenvalue weighted by Gasteiger charge is -2.35. The molecule has 0 spiro atoms. The fraction of sp³-hybridized carbons (Fsp3) is 0.0667. The Morgan fingerprint density at radius 2 is 0.974 bits per heavy atom. The highest BCUT2D eigenvalue weighted by Gasteiger charge is 2.48. The van der Waals surface area contributed by atoms with Crippen LogP contribution in [0.25, 0.3) is 122 Å². The number of allylic oxidation sites excluding steroid dienone is 2. The van der Waals surface area contributed by atoms with Crippen LogP contribution in [0.1, 0.15) is 69.1 Å². The Bertz CT molecular complexity index is 4900. The second-order valence-corrected chi connectivity index (χ2v) is 21.9. The number of rotatable bonds is 5. The molecule has 0 bridgehead atoms. The molecule has 2 heteroatoms. The smallest absolute Gasteiger partial charge is 0.0719 e. The largest absolute Gasteiger partial charge is 0.311 e. The monoisotopic (exact) mass is 976 g/mol. The fourth-order valence-electron chi connectivity index (χ4n) is 15.6. The maximum Gasteiger partial charge on any atom is 0.0719 e. The Kier molecular flexibility index (Phi) is 8.31. The summed E-state index contributed by atoms with van der Waals surface area (Å²) in [7, 11) is 0. The minimum Gasteiger partial charge on any atom is -0.311 e. The molecule has 0 saturated heterocycles. The Balaban J connectivity index is 1.01. The van der Waals surface area contributed by atoms with Crippen molar-refractivity contribution in [3.8, 4) is 50.2 Å². The van der Waals surface area contributed by atoms with Crippen LogP contribution in [0.15, 0.2) is 237 Å². The molecule has 4 aliphatic rings. The van der Waals surface area contributed by atoms with Crippen LogP contribution in [0.4, 0.5) is 0 Å². The van der Waals surface area contributed by atoms with Gasteiger partial charge in [0.25, 0.3) is 0 Å². The van der Waals surface area contributed by atoms with Gasteiger partial charge in [-0.15, -0.1) is 0 Å². The molecule has 77 heavy (non-hydrogen) atoms. The first-order chi connectivity index (χ1) is 38.3. The van der Waals surface area contributed by atoms with Crippen molar-refractivity contribution in [1.82, 2.24) is 8.97 Å². The van der Waals surface area contributed by atoms with E-state index in [-0.39, 0.29) is 0 Å². The van der Waals surface area contributed by atoms with Crippen molar-refractivity contribution in [1.29, 1.82) is 0 Å². The summed E-state index contributed by atoms with van der Waals surface area (Å²) in [5.74, 6) is 0.304. The van der Waals surface area contributed by atoms with Crippen LogP contribution in [0.2, 0.25) is 0 Å². The van der Waals surface area contributed by atoms with Gasteiger partial charge in [-0.2, -0.15) is 0 Å². The van der Waals surface area contributed by atoms with E-state index in [1.807, 2.05) is 0 Å². The van der Waals surface area contributed by atoms with Crippen molar-refractivity contribution in [3.63, 3.8) is 0 Å². The summed E-state index contributed by atoms with van der Waals surface area (Å²) >= 11 is 0.